The van der Waals surface area contributed by atoms with Crippen LogP contribution in [0.4, 0.5) is 20.6 Å². The van der Waals surface area contributed by atoms with Crippen LogP contribution in [-0.4, -0.2) is 22.9 Å². The third-order valence-electron chi connectivity index (χ3n) is 3.64. The molecule has 0 saturated heterocycles. The van der Waals surface area contributed by atoms with Crippen LogP contribution in [0.1, 0.15) is 18.5 Å². The van der Waals surface area contributed by atoms with Crippen molar-refractivity contribution in [2.75, 3.05) is 12.4 Å². The highest BCUT2D eigenvalue weighted by Gasteiger charge is 2.20. The molecular formula is C16H15ClFN3O3. The fourth-order valence-corrected chi connectivity index (χ4v) is 2.31. The van der Waals surface area contributed by atoms with Crippen molar-refractivity contribution < 1.29 is 14.1 Å². The lowest BCUT2D eigenvalue weighted by Crippen LogP contribution is -2.33. The zero-order valence-corrected chi connectivity index (χ0v) is 13.7. The molecule has 2 rings (SSSR count). The lowest BCUT2D eigenvalue weighted by atomic mass is 10.1. The smallest absolute Gasteiger partial charge is 0.321 e. The molecule has 8 heteroatoms. The first-order chi connectivity index (χ1) is 11.3. The molecule has 0 bridgehead atoms. The van der Waals surface area contributed by atoms with Gasteiger partial charge in [-0.05, 0) is 30.7 Å². The Kier molecular flexibility index (Phi) is 5.35. The number of anilines is 1. The second kappa shape index (κ2) is 7.27. The first-order valence-electron chi connectivity index (χ1n) is 7.03. The van der Waals surface area contributed by atoms with Gasteiger partial charge in [-0.3, -0.25) is 10.1 Å². The van der Waals surface area contributed by atoms with Crippen molar-refractivity contribution in [2.24, 2.45) is 0 Å². The molecule has 2 amide bonds. The monoisotopic (exact) mass is 351 g/mol. The molecule has 0 aromatic heterocycles. The highest BCUT2D eigenvalue weighted by atomic mass is 35.5. The second-order valence-electron chi connectivity index (χ2n) is 5.19. The van der Waals surface area contributed by atoms with Gasteiger partial charge in [0.1, 0.15) is 5.82 Å². The fraction of sp³-hybridized carbons (Fsp3) is 0.188. The molecule has 1 atom stereocenters. The Labute approximate surface area is 143 Å². The molecule has 6 nitrogen and oxygen atoms in total. The molecule has 2 aromatic rings. The minimum atomic E-state index is -0.503. The van der Waals surface area contributed by atoms with Crippen molar-refractivity contribution in [3.63, 3.8) is 0 Å². The molecule has 24 heavy (non-hydrogen) atoms. The molecule has 0 radical (unpaired) electrons. The number of nitrogens with zero attached hydrogens (tertiary/aromatic N) is 2. The molecule has 0 heterocycles. The van der Waals surface area contributed by atoms with Crippen molar-refractivity contribution in [3.8, 4) is 0 Å². The Bertz CT molecular complexity index is 785. The lowest BCUT2D eigenvalue weighted by molar-refractivity contribution is -0.384. The summed E-state index contributed by atoms with van der Waals surface area (Å²) in [5.41, 5.74) is 0.850. The molecule has 1 unspecified atom stereocenters. The lowest BCUT2D eigenvalue weighted by Gasteiger charge is -2.25. The van der Waals surface area contributed by atoms with E-state index in [1.807, 2.05) is 0 Å². The van der Waals surface area contributed by atoms with E-state index in [2.05, 4.69) is 5.32 Å². The Hall–Kier alpha value is -2.67. The van der Waals surface area contributed by atoms with E-state index in [-0.39, 0.29) is 16.4 Å². The van der Waals surface area contributed by atoms with Crippen LogP contribution in [0, 0.1) is 15.9 Å². The predicted octanol–water partition coefficient (Wildman–Crippen LogP) is 4.61. The molecule has 126 valence electrons. The van der Waals surface area contributed by atoms with Crippen LogP contribution in [0.2, 0.25) is 5.02 Å². The summed E-state index contributed by atoms with van der Waals surface area (Å²) in [4.78, 5) is 24.0. The molecule has 0 aliphatic rings. The number of nitrogens with one attached hydrogen (secondary N) is 1. The summed E-state index contributed by atoms with van der Waals surface area (Å²) >= 11 is 5.88. The number of hydrogen-bond donors (Lipinski definition) is 1. The Morgan fingerprint density at radius 3 is 2.67 bits per heavy atom. The second-order valence-corrected chi connectivity index (χ2v) is 5.60. The van der Waals surface area contributed by atoms with Gasteiger partial charge in [-0.1, -0.05) is 23.7 Å². The molecule has 0 spiro atoms. The van der Waals surface area contributed by atoms with E-state index in [1.165, 1.54) is 29.2 Å². The van der Waals surface area contributed by atoms with E-state index in [0.717, 1.165) is 6.07 Å². The standard InChI is InChI=1S/C16H15ClFN3O3/c1-10(11-4-3-5-13(8-11)21(23)24)20(2)16(22)19-15-7-6-12(18)9-14(15)17/h3-10H,1-2H3,(H,19,22). The van der Waals surface area contributed by atoms with Crippen LogP contribution in [0.25, 0.3) is 0 Å². The number of nitro groups is 1. The van der Waals surface area contributed by atoms with Gasteiger partial charge in [-0.25, -0.2) is 9.18 Å². The molecule has 0 saturated carbocycles. The number of halogens is 2. The Morgan fingerprint density at radius 1 is 1.33 bits per heavy atom. The van der Waals surface area contributed by atoms with Gasteiger partial charge in [0.25, 0.3) is 5.69 Å². The van der Waals surface area contributed by atoms with E-state index in [1.54, 1.807) is 26.1 Å². The third-order valence-corrected chi connectivity index (χ3v) is 3.95. The van der Waals surface area contributed by atoms with Gasteiger partial charge >= 0.3 is 6.03 Å². The fourth-order valence-electron chi connectivity index (χ4n) is 2.09. The van der Waals surface area contributed by atoms with Crippen molar-refractivity contribution in [2.45, 2.75) is 13.0 Å². The van der Waals surface area contributed by atoms with Crippen molar-refractivity contribution in [1.29, 1.82) is 0 Å². The number of carbonyl (C=O) groups excluding carboxylic acids is 1. The minimum Gasteiger partial charge on any atom is -0.321 e. The maximum atomic E-state index is 13.0. The topological polar surface area (TPSA) is 75.5 Å². The Balaban J connectivity index is 2.14. The summed E-state index contributed by atoms with van der Waals surface area (Å²) in [7, 11) is 1.55. The number of non-ortho nitro benzene ring substituents is 1. The number of carbonyl (C=O) groups is 1. The quantitative estimate of drug-likeness (QED) is 0.645. The van der Waals surface area contributed by atoms with Crippen molar-refractivity contribution in [1.82, 2.24) is 4.90 Å². The molecule has 0 aliphatic carbocycles. The summed E-state index contributed by atoms with van der Waals surface area (Å²) in [5, 5.41) is 13.5. The molecular weight excluding hydrogens is 337 g/mol. The molecule has 0 aliphatic heterocycles. The summed E-state index contributed by atoms with van der Waals surface area (Å²) < 4.78 is 13.0. The van der Waals surface area contributed by atoms with Crippen LogP contribution in [0.3, 0.4) is 0 Å². The normalized spacial score (nSPS) is 11.7. The first-order valence-corrected chi connectivity index (χ1v) is 7.40. The van der Waals surface area contributed by atoms with Gasteiger partial charge in [0, 0.05) is 19.2 Å². The molecule has 2 aromatic carbocycles. The number of amides is 2. The first kappa shape index (κ1) is 17.7. The number of urea groups is 1. The highest BCUT2D eigenvalue weighted by molar-refractivity contribution is 6.33. The van der Waals surface area contributed by atoms with Crippen molar-refractivity contribution >= 4 is 29.0 Å². The molecule has 0 fully saturated rings. The van der Waals surface area contributed by atoms with E-state index < -0.39 is 22.8 Å². The van der Waals surface area contributed by atoms with Crippen LogP contribution in [-0.2, 0) is 0 Å². The summed E-state index contributed by atoms with van der Waals surface area (Å²) in [6.07, 6.45) is 0. The van der Waals surface area contributed by atoms with Gasteiger partial charge in [0.15, 0.2) is 0 Å². The third kappa shape index (κ3) is 3.99. The zero-order valence-electron chi connectivity index (χ0n) is 13.0. The van der Waals surface area contributed by atoms with Gasteiger partial charge in [-0.2, -0.15) is 0 Å². The van der Waals surface area contributed by atoms with Gasteiger partial charge in [-0.15, -0.1) is 0 Å². The number of benzene rings is 2. The maximum absolute atomic E-state index is 13.0. The van der Waals surface area contributed by atoms with E-state index in [9.17, 15) is 19.3 Å². The van der Waals surface area contributed by atoms with Gasteiger partial charge in [0.05, 0.1) is 21.7 Å². The summed E-state index contributed by atoms with van der Waals surface area (Å²) in [5.74, 6) is -0.503. The molecule has 1 N–H and O–H groups in total. The number of hydrogen-bond acceptors (Lipinski definition) is 3. The summed E-state index contributed by atoms with van der Waals surface area (Å²) in [6, 6.07) is 8.83. The average molecular weight is 352 g/mol. The van der Waals surface area contributed by atoms with E-state index in [0.29, 0.717) is 5.56 Å². The average Bonchev–Trinajstić information content (AvgIpc) is 2.56. The minimum absolute atomic E-state index is 0.0465. The van der Waals surface area contributed by atoms with E-state index >= 15 is 0 Å². The summed E-state index contributed by atoms with van der Waals surface area (Å²) in [6.45, 7) is 1.74. The number of nitro benzene ring substituents is 1. The number of rotatable bonds is 4. The Morgan fingerprint density at radius 2 is 2.04 bits per heavy atom. The van der Waals surface area contributed by atoms with Crippen LogP contribution >= 0.6 is 11.6 Å². The SMILES string of the molecule is CC(c1cccc([N+](=O)[O-])c1)N(C)C(=O)Nc1ccc(F)cc1Cl. The zero-order chi connectivity index (χ0) is 17.9. The predicted molar refractivity (Wildman–Crippen MR) is 89.7 cm³/mol. The van der Waals surface area contributed by atoms with Gasteiger partial charge in [0.2, 0.25) is 0 Å². The van der Waals surface area contributed by atoms with Crippen molar-refractivity contribution in [3.05, 3.63) is 69.0 Å². The highest BCUT2D eigenvalue weighted by Crippen LogP contribution is 2.26. The van der Waals surface area contributed by atoms with Crippen LogP contribution in [0.15, 0.2) is 42.5 Å². The van der Waals surface area contributed by atoms with Crippen LogP contribution in [0.5, 0.6) is 0 Å². The van der Waals surface area contributed by atoms with Gasteiger partial charge < -0.3 is 10.2 Å². The van der Waals surface area contributed by atoms with Crippen LogP contribution < -0.4 is 5.32 Å². The largest absolute Gasteiger partial charge is 0.322 e. The maximum Gasteiger partial charge on any atom is 0.322 e. The van der Waals surface area contributed by atoms with E-state index in [4.69, 9.17) is 11.6 Å².